The Kier molecular flexibility index (Phi) is 2.41. The van der Waals surface area contributed by atoms with E-state index >= 15 is 0 Å². The number of aryl methyl sites for hydroxylation is 1. The standard InChI is InChI=1S/C14H11N3O/c1-10-16-12-8-5-9-15-13(12)17(10)14(18)11-6-3-2-4-7-11/h2-9H,1H3. The van der Waals surface area contributed by atoms with Crippen molar-refractivity contribution in [2.45, 2.75) is 6.92 Å². The van der Waals surface area contributed by atoms with Crippen LogP contribution in [0.25, 0.3) is 11.2 Å². The first-order valence-corrected chi connectivity index (χ1v) is 5.67. The first-order chi connectivity index (χ1) is 8.77. The third kappa shape index (κ3) is 1.59. The first kappa shape index (κ1) is 10.7. The number of imidazole rings is 1. The summed E-state index contributed by atoms with van der Waals surface area (Å²) in [4.78, 5) is 21.0. The Hall–Kier alpha value is -2.49. The lowest BCUT2D eigenvalue weighted by atomic mass is 10.2. The molecule has 0 aliphatic rings. The van der Waals surface area contributed by atoms with Gasteiger partial charge in [0.05, 0.1) is 0 Å². The molecule has 88 valence electrons. The Morgan fingerprint density at radius 3 is 2.67 bits per heavy atom. The van der Waals surface area contributed by atoms with Crippen LogP contribution in [0.1, 0.15) is 16.2 Å². The van der Waals surface area contributed by atoms with Gasteiger partial charge in [-0.15, -0.1) is 0 Å². The molecule has 0 bridgehead atoms. The van der Waals surface area contributed by atoms with E-state index in [1.807, 2.05) is 37.3 Å². The molecule has 0 spiro atoms. The summed E-state index contributed by atoms with van der Waals surface area (Å²) in [5.74, 6) is 0.548. The van der Waals surface area contributed by atoms with Crippen LogP contribution in [-0.4, -0.2) is 20.4 Å². The molecule has 0 amide bonds. The Morgan fingerprint density at radius 1 is 1.11 bits per heavy atom. The quantitative estimate of drug-likeness (QED) is 0.653. The molecular weight excluding hydrogens is 226 g/mol. The maximum absolute atomic E-state index is 12.4. The highest BCUT2D eigenvalue weighted by Crippen LogP contribution is 2.15. The van der Waals surface area contributed by atoms with Crippen LogP contribution in [0.3, 0.4) is 0 Å². The molecule has 4 nitrogen and oxygen atoms in total. The largest absolute Gasteiger partial charge is 0.268 e. The number of aromatic nitrogens is 3. The van der Waals surface area contributed by atoms with E-state index in [9.17, 15) is 4.79 Å². The highest BCUT2D eigenvalue weighted by Gasteiger charge is 2.15. The van der Waals surface area contributed by atoms with Crippen LogP contribution >= 0.6 is 0 Å². The predicted molar refractivity (Wildman–Crippen MR) is 68.4 cm³/mol. The predicted octanol–water partition coefficient (Wildman–Crippen LogP) is 2.43. The van der Waals surface area contributed by atoms with Gasteiger partial charge in [-0.3, -0.25) is 4.79 Å². The average Bonchev–Trinajstić information content (AvgIpc) is 2.75. The Balaban J connectivity index is 2.21. The zero-order valence-corrected chi connectivity index (χ0v) is 9.87. The van der Waals surface area contributed by atoms with Crippen molar-refractivity contribution in [1.29, 1.82) is 0 Å². The summed E-state index contributed by atoms with van der Waals surface area (Å²) in [5, 5.41) is 0. The van der Waals surface area contributed by atoms with Crippen molar-refractivity contribution < 1.29 is 4.79 Å². The van der Waals surface area contributed by atoms with Crippen molar-refractivity contribution >= 4 is 17.1 Å². The second-order valence-corrected chi connectivity index (χ2v) is 4.01. The molecule has 18 heavy (non-hydrogen) atoms. The molecule has 0 aliphatic carbocycles. The molecule has 0 unspecified atom stereocenters. The maximum Gasteiger partial charge on any atom is 0.265 e. The molecule has 0 aliphatic heterocycles. The maximum atomic E-state index is 12.4. The summed E-state index contributed by atoms with van der Waals surface area (Å²) in [6, 6.07) is 12.8. The van der Waals surface area contributed by atoms with Gasteiger partial charge < -0.3 is 0 Å². The molecular formula is C14H11N3O. The minimum Gasteiger partial charge on any atom is -0.268 e. The van der Waals surface area contributed by atoms with Crippen LogP contribution in [-0.2, 0) is 0 Å². The third-order valence-electron chi connectivity index (χ3n) is 2.81. The molecule has 2 aromatic heterocycles. The van der Waals surface area contributed by atoms with E-state index in [1.165, 1.54) is 0 Å². The molecule has 3 aromatic rings. The molecule has 0 saturated carbocycles. The minimum atomic E-state index is -0.102. The van der Waals surface area contributed by atoms with Gasteiger partial charge in [-0.2, -0.15) is 0 Å². The van der Waals surface area contributed by atoms with E-state index in [0.29, 0.717) is 17.0 Å². The highest BCUT2D eigenvalue weighted by atomic mass is 16.2. The fourth-order valence-corrected chi connectivity index (χ4v) is 1.98. The number of hydrogen-bond donors (Lipinski definition) is 0. The fraction of sp³-hybridized carbons (Fsp3) is 0.0714. The SMILES string of the molecule is Cc1nc2cccnc2n1C(=O)c1ccccc1. The van der Waals surface area contributed by atoms with E-state index in [4.69, 9.17) is 0 Å². The van der Waals surface area contributed by atoms with Gasteiger partial charge in [0.15, 0.2) is 5.65 Å². The molecule has 0 saturated heterocycles. The molecule has 1 aromatic carbocycles. The molecule has 0 atom stereocenters. The van der Waals surface area contributed by atoms with Gasteiger partial charge in [0.25, 0.3) is 5.91 Å². The topological polar surface area (TPSA) is 47.8 Å². The smallest absolute Gasteiger partial charge is 0.265 e. The van der Waals surface area contributed by atoms with Crippen molar-refractivity contribution in [3.05, 3.63) is 60.0 Å². The van der Waals surface area contributed by atoms with Crippen LogP contribution in [0, 0.1) is 6.92 Å². The lowest BCUT2D eigenvalue weighted by molar-refractivity contribution is 0.0962. The summed E-state index contributed by atoms with van der Waals surface area (Å²) in [6.07, 6.45) is 1.66. The van der Waals surface area contributed by atoms with E-state index in [2.05, 4.69) is 9.97 Å². The van der Waals surface area contributed by atoms with Crippen molar-refractivity contribution in [3.8, 4) is 0 Å². The molecule has 0 radical (unpaired) electrons. The Morgan fingerprint density at radius 2 is 1.89 bits per heavy atom. The fourth-order valence-electron chi connectivity index (χ4n) is 1.98. The van der Waals surface area contributed by atoms with Crippen molar-refractivity contribution in [2.75, 3.05) is 0 Å². The Labute approximate surface area is 104 Å². The van der Waals surface area contributed by atoms with Gasteiger partial charge in [0.2, 0.25) is 0 Å². The number of carbonyl (C=O) groups excluding carboxylic acids is 1. The second kappa shape index (κ2) is 4.07. The van der Waals surface area contributed by atoms with Crippen LogP contribution < -0.4 is 0 Å². The molecule has 2 heterocycles. The van der Waals surface area contributed by atoms with E-state index in [-0.39, 0.29) is 5.91 Å². The number of hydrogen-bond acceptors (Lipinski definition) is 3. The van der Waals surface area contributed by atoms with E-state index in [0.717, 1.165) is 5.52 Å². The Bertz CT molecular complexity index is 716. The van der Waals surface area contributed by atoms with Crippen molar-refractivity contribution in [3.63, 3.8) is 0 Å². The first-order valence-electron chi connectivity index (χ1n) is 5.67. The highest BCUT2D eigenvalue weighted by molar-refractivity contribution is 6.00. The monoisotopic (exact) mass is 237 g/mol. The molecule has 0 N–H and O–H groups in total. The number of benzene rings is 1. The molecule has 3 rings (SSSR count). The van der Waals surface area contributed by atoms with Gasteiger partial charge >= 0.3 is 0 Å². The van der Waals surface area contributed by atoms with E-state index in [1.54, 1.807) is 22.9 Å². The van der Waals surface area contributed by atoms with Crippen LogP contribution in [0.4, 0.5) is 0 Å². The number of nitrogens with zero attached hydrogens (tertiary/aromatic N) is 3. The zero-order valence-electron chi connectivity index (χ0n) is 9.87. The van der Waals surface area contributed by atoms with Crippen LogP contribution in [0.5, 0.6) is 0 Å². The zero-order chi connectivity index (χ0) is 12.5. The summed E-state index contributed by atoms with van der Waals surface area (Å²) in [6.45, 7) is 1.81. The molecule has 4 heteroatoms. The number of fused-ring (bicyclic) bond motifs is 1. The number of carbonyl (C=O) groups is 1. The second-order valence-electron chi connectivity index (χ2n) is 4.01. The van der Waals surface area contributed by atoms with Gasteiger partial charge in [-0.05, 0) is 31.2 Å². The average molecular weight is 237 g/mol. The van der Waals surface area contributed by atoms with Gasteiger partial charge in [-0.1, -0.05) is 18.2 Å². The van der Waals surface area contributed by atoms with Crippen LogP contribution in [0.2, 0.25) is 0 Å². The number of pyridine rings is 1. The van der Waals surface area contributed by atoms with Gasteiger partial charge in [-0.25, -0.2) is 14.5 Å². The lowest BCUT2D eigenvalue weighted by Crippen LogP contribution is -2.13. The third-order valence-corrected chi connectivity index (χ3v) is 2.81. The van der Waals surface area contributed by atoms with Crippen LogP contribution in [0.15, 0.2) is 48.7 Å². The number of rotatable bonds is 1. The lowest BCUT2D eigenvalue weighted by Gasteiger charge is -2.04. The van der Waals surface area contributed by atoms with E-state index < -0.39 is 0 Å². The summed E-state index contributed by atoms with van der Waals surface area (Å²) in [5.41, 5.74) is 1.97. The van der Waals surface area contributed by atoms with Crippen molar-refractivity contribution in [2.24, 2.45) is 0 Å². The van der Waals surface area contributed by atoms with Crippen molar-refractivity contribution in [1.82, 2.24) is 14.5 Å². The van der Waals surface area contributed by atoms with Gasteiger partial charge in [0.1, 0.15) is 11.3 Å². The summed E-state index contributed by atoms with van der Waals surface area (Å²) in [7, 11) is 0. The van der Waals surface area contributed by atoms with Gasteiger partial charge in [0, 0.05) is 11.8 Å². The normalized spacial score (nSPS) is 10.7. The molecule has 0 fully saturated rings. The minimum absolute atomic E-state index is 0.102. The summed E-state index contributed by atoms with van der Waals surface area (Å²) >= 11 is 0. The summed E-state index contributed by atoms with van der Waals surface area (Å²) < 4.78 is 1.55.